The van der Waals surface area contributed by atoms with Gasteiger partial charge in [-0.15, -0.1) is 0 Å². The van der Waals surface area contributed by atoms with Crippen LogP contribution in [0.25, 0.3) is 11.3 Å². The summed E-state index contributed by atoms with van der Waals surface area (Å²) < 4.78 is 20.9. The van der Waals surface area contributed by atoms with Gasteiger partial charge in [0, 0.05) is 5.56 Å². The second-order valence-electron chi connectivity index (χ2n) is 5.14. The van der Waals surface area contributed by atoms with Gasteiger partial charge in [-0.05, 0) is 38.1 Å². The fourth-order valence-electron chi connectivity index (χ4n) is 2.30. The number of esters is 1. The zero-order chi connectivity index (χ0) is 18.4. The first-order chi connectivity index (χ1) is 12.0. The molecule has 25 heavy (non-hydrogen) atoms. The minimum Gasteiger partial charge on any atom is -0.493 e. The quantitative estimate of drug-likeness (QED) is 0.775. The summed E-state index contributed by atoms with van der Waals surface area (Å²) in [5, 5.41) is 2.51. The van der Waals surface area contributed by atoms with E-state index in [4.69, 9.17) is 18.6 Å². The molecule has 0 aliphatic heterocycles. The lowest BCUT2D eigenvalue weighted by Crippen LogP contribution is -2.30. The number of methoxy groups -OCH3 is 2. The molecule has 0 aliphatic rings. The normalized spacial score (nSPS) is 10.2. The Balaban J connectivity index is 2.19. The van der Waals surface area contributed by atoms with E-state index < -0.39 is 11.9 Å². The molecule has 0 radical (unpaired) electrons. The van der Waals surface area contributed by atoms with E-state index in [2.05, 4.69) is 5.32 Å². The third kappa shape index (κ3) is 4.32. The second-order valence-corrected chi connectivity index (χ2v) is 5.14. The van der Waals surface area contributed by atoms with Gasteiger partial charge in [0.25, 0.3) is 5.91 Å². The van der Waals surface area contributed by atoms with Crippen molar-refractivity contribution < 1.29 is 28.2 Å². The fourth-order valence-corrected chi connectivity index (χ4v) is 2.30. The molecule has 1 heterocycles. The third-order valence-corrected chi connectivity index (χ3v) is 3.53. The van der Waals surface area contributed by atoms with Gasteiger partial charge in [-0.3, -0.25) is 9.59 Å². The third-order valence-electron chi connectivity index (χ3n) is 3.53. The topological polar surface area (TPSA) is 87.0 Å². The lowest BCUT2D eigenvalue weighted by atomic mass is 10.1. The van der Waals surface area contributed by atoms with Crippen LogP contribution in [0, 0.1) is 6.92 Å². The van der Waals surface area contributed by atoms with E-state index in [1.165, 1.54) is 0 Å². The summed E-state index contributed by atoms with van der Waals surface area (Å²) in [5.74, 6) is 1.23. The SMILES string of the molecule is CCOC(=O)CNC(=O)c1cc(-c2ccc(OC)c(OC)c2)oc1C. The molecule has 0 spiro atoms. The van der Waals surface area contributed by atoms with E-state index in [-0.39, 0.29) is 13.2 Å². The number of carbonyl (C=O) groups is 2. The highest BCUT2D eigenvalue weighted by Gasteiger charge is 2.18. The molecule has 2 rings (SSSR count). The summed E-state index contributed by atoms with van der Waals surface area (Å²) in [6.45, 7) is 3.46. The molecule has 2 aromatic rings. The van der Waals surface area contributed by atoms with Crippen LogP contribution in [-0.4, -0.2) is 39.2 Å². The van der Waals surface area contributed by atoms with Crippen molar-refractivity contribution in [2.45, 2.75) is 13.8 Å². The minimum atomic E-state index is -0.489. The van der Waals surface area contributed by atoms with E-state index in [1.807, 2.05) is 0 Å². The van der Waals surface area contributed by atoms with Crippen molar-refractivity contribution in [1.82, 2.24) is 5.32 Å². The van der Waals surface area contributed by atoms with Crippen molar-refractivity contribution in [3.8, 4) is 22.8 Å². The Bertz CT molecular complexity index is 765. The molecule has 1 aromatic carbocycles. The average molecular weight is 347 g/mol. The predicted molar refractivity (Wildman–Crippen MR) is 91.0 cm³/mol. The molecule has 0 unspecified atom stereocenters. The smallest absolute Gasteiger partial charge is 0.325 e. The maximum absolute atomic E-state index is 12.2. The molecular formula is C18H21NO6. The standard InChI is InChI=1S/C18H21NO6/c1-5-24-17(20)10-19-18(21)13-9-15(25-11(13)2)12-6-7-14(22-3)16(8-12)23-4/h6-9H,5,10H2,1-4H3,(H,19,21). The van der Waals surface area contributed by atoms with E-state index in [0.29, 0.717) is 28.6 Å². The van der Waals surface area contributed by atoms with Crippen LogP contribution in [0.5, 0.6) is 11.5 Å². The zero-order valence-electron chi connectivity index (χ0n) is 14.7. The van der Waals surface area contributed by atoms with Gasteiger partial charge in [0.05, 0.1) is 26.4 Å². The summed E-state index contributed by atoms with van der Waals surface area (Å²) in [4.78, 5) is 23.6. The molecule has 0 fully saturated rings. The van der Waals surface area contributed by atoms with Crippen LogP contribution in [-0.2, 0) is 9.53 Å². The number of aryl methyl sites for hydroxylation is 1. The molecule has 0 aliphatic carbocycles. The number of hydrogen-bond acceptors (Lipinski definition) is 6. The number of rotatable bonds is 7. The van der Waals surface area contributed by atoms with Gasteiger partial charge in [-0.1, -0.05) is 0 Å². The Morgan fingerprint density at radius 2 is 1.84 bits per heavy atom. The second kappa shape index (κ2) is 8.23. The predicted octanol–water partition coefficient (Wildman–Crippen LogP) is 2.57. The Labute approximate surface area is 145 Å². The monoisotopic (exact) mass is 347 g/mol. The van der Waals surface area contributed by atoms with Gasteiger partial charge in [-0.25, -0.2) is 0 Å². The van der Waals surface area contributed by atoms with Crippen LogP contribution in [0.1, 0.15) is 23.0 Å². The highest BCUT2D eigenvalue weighted by Crippen LogP contribution is 2.33. The summed E-state index contributed by atoms with van der Waals surface area (Å²) in [7, 11) is 3.10. The van der Waals surface area contributed by atoms with Crippen LogP contribution in [0.3, 0.4) is 0 Å². The molecule has 1 N–H and O–H groups in total. The summed E-state index contributed by atoms with van der Waals surface area (Å²) in [6, 6.07) is 6.95. The first-order valence-corrected chi connectivity index (χ1v) is 7.76. The fraction of sp³-hybridized carbons (Fsp3) is 0.333. The minimum absolute atomic E-state index is 0.191. The lowest BCUT2D eigenvalue weighted by molar-refractivity contribution is -0.141. The van der Waals surface area contributed by atoms with E-state index in [1.54, 1.807) is 52.3 Å². The van der Waals surface area contributed by atoms with Crippen molar-refractivity contribution in [2.75, 3.05) is 27.4 Å². The van der Waals surface area contributed by atoms with Crippen molar-refractivity contribution in [3.63, 3.8) is 0 Å². The molecule has 134 valence electrons. The van der Waals surface area contributed by atoms with E-state index in [9.17, 15) is 9.59 Å². The average Bonchev–Trinajstić information content (AvgIpc) is 3.01. The van der Waals surface area contributed by atoms with Crippen molar-refractivity contribution in [2.24, 2.45) is 0 Å². The number of hydrogen-bond donors (Lipinski definition) is 1. The molecule has 0 bridgehead atoms. The Kier molecular flexibility index (Phi) is 6.05. The molecular weight excluding hydrogens is 326 g/mol. The number of benzene rings is 1. The van der Waals surface area contributed by atoms with E-state index in [0.717, 1.165) is 5.56 Å². The highest BCUT2D eigenvalue weighted by atomic mass is 16.5. The van der Waals surface area contributed by atoms with Gasteiger partial charge in [0.1, 0.15) is 18.1 Å². The largest absolute Gasteiger partial charge is 0.493 e. The van der Waals surface area contributed by atoms with Gasteiger partial charge < -0.3 is 23.9 Å². The van der Waals surface area contributed by atoms with E-state index >= 15 is 0 Å². The lowest BCUT2D eigenvalue weighted by Gasteiger charge is -2.08. The van der Waals surface area contributed by atoms with Crippen molar-refractivity contribution in [1.29, 1.82) is 0 Å². The van der Waals surface area contributed by atoms with Crippen LogP contribution < -0.4 is 14.8 Å². The van der Waals surface area contributed by atoms with Gasteiger partial charge in [0.2, 0.25) is 0 Å². The summed E-state index contributed by atoms with van der Waals surface area (Å²) >= 11 is 0. The summed E-state index contributed by atoms with van der Waals surface area (Å²) in [5.41, 5.74) is 1.10. The summed E-state index contributed by atoms with van der Waals surface area (Å²) in [6.07, 6.45) is 0. The molecule has 7 heteroatoms. The number of furan rings is 1. The van der Waals surface area contributed by atoms with Gasteiger partial charge >= 0.3 is 5.97 Å². The van der Waals surface area contributed by atoms with Gasteiger partial charge in [-0.2, -0.15) is 0 Å². The number of ether oxygens (including phenoxy) is 3. The Hall–Kier alpha value is -2.96. The Morgan fingerprint density at radius 3 is 2.48 bits per heavy atom. The maximum Gasteiger partial charge on any atom is 0.325 e. The van der Waals surface area contributed by atoms with Crippen LogP contribution in [0.2, 0.25) is 0 Å². The first-order valence-electron chi connectivity index (χ1n) is 7.76. The number of carbonyl (C=O) groups excluding carboxylic acids is 2. The van der Waals surface area contributed by atoms with Crippen molar-refractivity contribution in [3.05, 3.63) is 35.6 Å². The number of nitrogens with one attached hydrogen (secondary N) is 1. The molecule has 1 aromatic heterocycles. The van der Waals surface area contributed by atoms with Gasteiger partial charge in [0.15, 0.2) is 11.5 Å². The van der Waals surface area contributed by atoms with Crippen LogP contribution >= 0.6 is 0 Å². The molecule has 1 amide bonds. The van der Waals surface area contributed by atoms with Crippen LogP contribution in [0.4, 0.5) is 0 Å². The molecule has 0 saturated heterocycles. The first kappa shape index (κ1) is 18.4. The van der Waals surface area contributed by atoms with Crippen LogP contribution in [0.15, 0.2) is 28.7 Å². The maximum atomic E-state index is 12.2. The molecule has 0 atom stereocenters. The zero-order valence-corrected chi connectivity index (χ0v) is 14.7. The Morgan fingerprint density at radius 1 is 1.12 bits per heavy atom. The van der Waals surface area contributed by atoms with Crippen molar-refractivity contribution >= 4 is 11.9 Å². The number of amides is 1. The molecule has 7 nitrogen and oxygen atoms in total. The highest BCUT2D eigenvalue weighted by molar-refractivity contribution is 5.97. The molecule has 0 saturated carbocycles.